The van der Waals surface area contributed by atoms with Gasteiger partial charge in [-0.25, -0.2) is 0 Å². The highest BCUT2D eigenvalue weighted by Gasteiger charge is 2.15. The first-order valence-corrected chi connectivity index (χ1v) is 10.2. The van der Waals surface area contributed by atoms with Crippen molar-refractivity contribution in [3.05, 3.63) is 51.7 Å². The average molecular weight is 408 g/mol. The summed E-state index contributed by atoms with van der Waals surface area (Å²) < 4.78 is 7.84. The molecule has 3 aromatic rings. The number of hydrogen-bond donors (Lipinski definition) is 1. The van der Waals surface area contributed by atoms with Crippen LogP contribution in [0.3, 0.4) is 0 Å². The van der Waals surface area contributed by atoms with Gasteiger partial charge in [-0.3, -0.25) is 4.79 Å². The van der Waals surface area contributed by atoms with Gasteiger partial charge in [0.2, 0.25) is 0 Å². The quantitative estimate of drug-likeness (QED) is 0.509. The summed E-state index contributed by atoms with van der Waals surface area (Å²) in [6.45, 7) is 4.75. The summed E-state index contributed by atoms with van der Waals surface area (Å²) in [4.78, 5) is 14.8. The van der Waals surface area contributed by atoms with Gasteiger partial charge in [-0.2, -0.15) is 0 Å². The molecule has 0 aliphatic rings. The first kappa shape index (κ1) is 21.6. The Bertz CT molecular complexity index is 984. The van der Waals surface area contributed by atoms with Crippen LogP contribution in [0.15, 0.2) is 35.1 Å². The SMILES string of the molecule is CCl.Cc1c(OCC(O)CN(C)C)cc2c(=O)c3ccccc3sc2c1C. The molecule has 4 nitrogen and oxygen atoms in total. The number of benzene rings is 2. The third-order valence-electron chi connectivity index (χ3n) is 4.39. The summed E-state index contributed by atoms with van der Waals surface area (Å²) >= 11 is 6.27. The van der Waals surface area contributed by atoms with E-state index in [9.17, 15) is 9.90 Å². The van der Waals surface area contributed by atoms with Crippen molar-refractivity contribution in [2.45, 2.75) is 20.0 Å². The average Bonchev–Trinajstić information content (AvgIpc) is 2.65. The van der Waals surface area contributed by atoms with Crippen LogP contribution in [0.5, 0.6) is 5.75 Å². The van der Waals surface area contributed by atoms with Crippen molar-refractivity contribution >= 4 is 43.1 Å². The van der Waals surface area contributed by atoms with E-state index in [0.29, 0.717) is 17.7 Å². The minimum Gasteiger partial charge on any atom is -0.491 e. The molecule has 0 aliphatic carbocycles. The largest absolute Gasteiger partial charge is 0.491 e. The highest BCUT2D eigenvalue weighted by Crippen LogP contribution is 2.33. The van der Waals surface area contributed by atoms with Crippen LogP contribution in [0.25, 0.3) is 20.2 Å². The van der Waals surface area contributed by atoms with Crippen LogP contribution in [0.2, 0.25) is 0 Å². The van der Waals surface area contributed by atoms with Crippen molar-refractivity contribution in [3.63, 3.8) is 0 Å². The molecule has 0 fully saturated rings. The van der Waals surface area contributed by atoms with E-state index in [1.54, 1.807) is 11.3 Å². The first-order valence-electron chi connectivity index (χ1n) is 8.67. The van der Waals surface area contributed by atoms with E-state index in [1.165, 1.54) is 6.38 Å². The van der Waals surface area contributed by atoms with Crippen molar-refractivity contribution in [2.24, 2.45) is 0 Å². The molecule has 0 aliphatic heterocycles. The van der Waals surface area contributed by atoms with E-state index < -0.39 is 6.10 Å². The number of halogens is 1. The first-order chi connectivity index (χ1) is 12.9. The fourth-order valence-electron chi connectivity index (χ4n) is 2.97. The Kier molecular flexibility index (Phi) is 7.62. The number of likely N-dealkylation sites (N-methyl/N-ethyl adjacent to an activating group) is 1. The highest BCUT2D eigenvalue weighted by atomic mass is 35.5. The second-order valence-corrected chi connectivity index (χ2v) is 7.71. The molecule has 0 amide bonds. The summed E-state index contributed by atoms with van der Waals surface area (Å²) in [7, 11) is 3.82. The molecule has 1 unspecified atom stereocenters. The maximum atomic E-state index is 12.9. The van der Waals surface area contributed by atoms with Gasteiger partial charge in [0.05, 0.1) is 0 Å². The predicted octanol–water partition coefficient (Wildman–Crippen LogP) is 4.19. The molecule has 1 heterocycles. The molecule has 2 aromatic carbocycles. The third kappa shape index (κ3) is 4.79. The Hall–Kier alpha value is -1.66. The number of aliphatic hydroxyl groups excluding tert-OH is 1. The summed E-state index contributed by atoms with van der Waals surface area (Å²) in [5.74, 6) is 0.669. The summed E-state index contributed by atoms with van der Waals surface area (Å²) in [6, 6.07) is 9.52. The van der Waals surface area contributed by atoms with Gasteiger partial charge >= 0.3 is 0 Å². The number of nitrogens with zero attached hydrogens (tertiary/aromatic N) is 1. The van der Waals surface area contributed by atoms with Crippen molar-refractivity contribution in [1.82, 2.24) is 4.90 Å². The molecule has 1 atom stereocenters. The third-order valence-corrected chi connectivity index (χ3v) is 5.69. The van der Waals surface area contributed by atoms with Crippen molar-refractivity contribution in [1.29, 1.82) is 0 Å². The van der Waals surface area contributed by atoms with Gasteiger partial charge in [0.15, 0.2) is 5.43 Å². The monoisotopic (exact) mass is 407 g/mol. The van der Waals surface area contributed by atoms with Crippen LogP contribution in [-0.4, -0.2) is 49.7 Å². The second kappa shape index (κ2) is 9.51. The lowest BCUT2D eigenvalue weighted by Gasteiger charge is -2.18. The molecule has 3 rings (SSSR count). The number of fused-ring (bicyclic) bond motifs is 2. The maximum Gasteiger partial charge on any atom is 0.196 e. The van der Waals surface area contributed by atoms with Gasteiger partial charge in [0, 0.05) is 33.1 Å². The van der Waals surface area contributed by atoms with Gasteiger partial charge in [-0.1, -0.05) is 12.1 Å². The van der Waals surface area contributed by atoms with Crippen LogP contribution in [0.4, 0.5) is 0 Å². The molecule has 1 N–H and O–H groups in total. The Morgan fingerprint density at radius 2 is 1.81 bits per heavy atom. The number of aliphatic hydroxyl groups is 1. The van der Waals surface area contributed by atoms with Crippen LogP contribution in [-0.2, 0) is 0 Å². The number of rotatable bonds is 5. The molecule has 0 saturated carbocycles. The van der Waals surface area contributed by atoms with E-state index in [1.807, 2.05) is 63.2 Å². The Labute approximate surface area is 169 Å². The van der Waals surface area contributed by atoms with E-state index in [2.05, 4.69) is 11.6 Å². The van der Waals surface area contributed by atoms with Gasteiger partial charge in [0.25, 0.3) is 0 Å². The van der Waals surface area contributed by atoms with Crippen LogP contribution in [0.1, 0.15) is 11.1 Å². The zero-order chi connectivity index (χ0) is 20.1. The Morgan fingerprint density at radius 3 is 2.48 bits per heavy atom. The van der Waals surface area contributed by atoms with E-state index in [-0.39, 0.29) is 12.0 Å². The van der Waals surface area contributed by atoms with Crippen LogP contribution >= 0.6 is 22.9 Å². The van der Waals surface area contributed by atoms with Gasteiger partial charge in [-0.05, 0) is 57.3 Å². The molecule has 0 radical (unpaired) electrons. The molecular formula is C21H26ClNO3S. The number of hydrogen-bond acceptors (Lipinski definition) is 5. The summed E-state index contributed by atoms with van der Waals surface area (Å²) in [5.41, 5.74) is 2.10. The Balaban J connectivity index is 0.00000126. The molecule has 0 saturated heterocycles. The zero-order valence-electron chi connectivity index (χ0n) is 16.4. The topological polar surface area (TPSA) is 49.8 Å². The molecule has 27 heavy (non-hydrogen) atoms. The smallest absolute Gasteiger partial charge is 0.196 e. The van der Waals surface area contributed by atoms with Crippen molar-refractivity contribution in [3.8, 4) is 5.75 Å². The molecule has 0 bridgehead atoms. The van der Waals surface area contributed by atoms with Gasteiger partial charge < -0.3 is 14.7 Å². The summed E-state index contributed by atoms with van der Waals surface area (Å²) in [5, 5.41) is 11.4. The number of aryl methyl sites for hydroxylation is 1. The lowest BCUT2D eigenvalue weighted by molar-refractivity contribution is 0.0829. The highest BCUT2D eigenvalue weighted by molar-refractivity contribution is 7.24. The minimum absolute atomic E-state index is 0.0335. The standard InChI is InChI=1S/C20H23NO3S.CH3Cl/c1-12-13(2)20-16(9-17(12)24-11-14(22)10-21(3)4)19(23)15-7-5-6-8-18(15)25-20;1-2/h5-9,14,22H,10-11H2,1-4H3;1H3. The Morgan fingerprint density at radius 1 is 1.15 bits per heavy atom. The number of ether oxygens (including phenoxy) is 1. The van der Waals surface area contributed by atoms with E-state index in [0.717, 1.165) is 25.9 Å². The number of alkyl halides is 1. The fourth-order valence-corrected chi connectivity index (χ4v) is 4.18. The molecule has 146 valence electrons. The predicted molar refractivity (Wildman–Crippen MR) is 117 cm³/mol. The van der Waals surface area contributed by atoms with Crippen LogP contribution in [0, 0.1) is 13.8 Å². The molecule has 1 aromatic heterocycles. The van der Waals surface area contributed by atoms with E-state index >= 15 is 0 Å². The van der Waals surface area contributed by atoms with Crippen LogP contribution < -0.4 is 10.2 Å². The van der Waals surface area contributed by atoms with Gasteiger partial charge in [0.1, 0.15) is 18.5 Å². The lowest BCUT2D eigenvalue weighted by atomic mass is 10.1. The minimum atomic E-state index is -0.573. The zero-order valence-corrected chi connectivity index (χ0v) is 17.9. The fraction of sp³-hybridized carbons (Fsp3) is 0.381. The maximum absolute atomic E-state index is 12.9. The molecule has 0 spiro atoms. The normalized spacial score (nSPS) is 12.1. The molecule has 6 heteroatoms. The van der Waals surface area contributed by atoms with Crippen molar-refractivity contribution < 1.29 is 9.84 Å². The van der Waals surface area contributed by atoms with Gasteiger partial charge in [-0.15, -0.1) is 22.9 Å². The lowest BCUT2D eigenvalue weighted by Crippen LogP contribution is -2.30. The van der Waals surface area contributed by atoms with E-state index in [4.69, 9.17) is 4.74 Å². The van der Waals surface area contributed by atoms with Crippen molar-refractivity contribution in [2.75, 3.05) is 33.6 Å². The molecular weight excluding hydrogens is 382 g/mol. The summed E-state index contributed by atoms with van der Waals surface area (Å²) in [6.07, 6.45) is 0.900. The second-order valence-electron chi connectivity index (χ2n) is 6.66.